The summed E-state index contributed by atoms with van der Waals surface area (Å²) in [4.78, 5) is 5.38. The Morgan fingerprint density at radius 3 is 1.34 bits per heavy atom. The van der Waals surface area contributed by atoms with Crippen molar-refractivity contribution in [3.63, 3.8) is 0 Å². The van der Waals surface area contributed by atoms with Gasteiger partial charge < -0.3 is 4.42 Å². The molecule has 0 aliphatic heterocycles. The number of oxazole rings is 1. The summed E-state index contributed by atoms with van der Waals surface area (Å²) in [6.07, 6.45) is 0. The summed E-state index contributed by atoms with van der Waals surface area (Å²) in [6, 6.07) is 80.5. The van der Waals surface area contributed by atoms with Gasteiger partial charge in [-0.05, 0) is 109 Å². The molecule has 1 aromatic heterocycles. The van der Waals surface area contributed by atoms with E-state index in [1.165, 1.54) is 33.4 Å². The lowest BCUT2D eigenvalue weighted by atomic mass is 9.67. The molecule has 0 unspecified atom stereocenters. The summed E-state index contributed by atoms with van der Waals surface area (Å²) < 4.78 is 6.87. The third kappa shape index (κ3) is 5.53. The van der Waals surface area contributed by atoms with Gasteiger partial charge in [0.15, 0.2) is 5.58 Å². The molecule has 2 nitrogen and oxygen atoms in total. The number of benzene rings is 9. The van der Waals surface area contributed by atoms with E-state index in [-0.39, 0.29) is 0 Å². The minimum absolute atomic E-state index is 0.513. The number of hydrogen-bond acceptors (Lipinski definition) is 2. The second kappa shape index (κ2) is 13.9. The Labute approximate surface area is 338 Å². The third-order valence-corrected chi connectivity index (χ3v) is 11.8. The predicted octanol–water partition coefficient (Wildman–Crippen LogP) is 14.5. The number of rotatable bonds is 7. The molecule has 10 aromatic rings. The number of nitrogens with zero attached hydrogens (tertiary/aromatic N) is 1. The van der Waals surface area contributed by atoms with Crippen LogP contribution >= 0.6 is 0 Å². The van der Waals surface area contributed by atoms with Crippen LogP contribution in [0.2, 0.25) is 0 Å². The molecule has 11 rings (SSSR count). The highest BCUT2D eigenvalue weighted by atomic mass is 16.3. The normalized spacial score (nSPS) is 12.6. The van der Waals surface area contributed by atoms with Gasteiger partial charge in [-0.15, -0.1) is 0 Å². The largest absolute Gasteiger partial charge is 0.436 e. The zero-order valence-corrected chi connectivity index (χ0v) is 31.7. The molecule has 58 heavy (non-hydrogen) atoms. The monoisotopic (exact) mass is 739 g/mol. The van der Waals surface area contributed by atoms with E-state index in [4.69, 9.17) is 9.40 Å². The highest BCUT2D eigenvalue weighted by Crippen LogP contribution is 2.57. The molecular formula is C56H37NO. The molecule has 0 saturated heterocycles. The molecule has 1 aliphatic carbocycles. The van der Waals surface area contributed by atoms with Crippen molar-refractivity contribution < 1.29 is 4.42 Å². The fourth-order valence-electron chi connectivity index (χ4n) is 9.13. The van der Waals surface area contributed by atoms with Crippen LogP contribution in [0, 0.1) is 0 Å². The van der Waals surface area contributed by atoms with Crippen LogP contribution in [0.4, 0.5) is 0 Å². The van der Waals surface area contributed by atoms with Crippen molar-refractivity contribution in [2.24, 2.45) is 0 Å². The van der Waals surface area contributed by atoms with Gasteiger partial charge in [-0.25, -0.2) is 4.98 Å². The lowest BCUT2D eigenvalue weighted by Crippen LogP contribution is -2.28. The lowest BCUT2D eigenvalue weighted by molar-refractivity contribution is 0.620. The first-order chi connectivity index (χ1) is 28.7. The second-order valence-corrected chi connectivity index (χ2v) is 15.1. The van der Waals surface area contributed by atoms with Crippen molar-refractivity contribution in [3.05, 3.63) is 247 Å². The van der Waals surface area contributed by atoms with Gasteiger partial charge in [0.05, 0.1) is 5.41 Å². The lowest BCUT2D eigenvalue weighted by Gasteiger charge is -2.34. The molecule has 0 amide bonds. The summed E-state index contributed by atoms with van der Waals surface area (Å²) in [6.45, 7) is 0. The first-order valence-electron chi connectivity index (χ1n) is 19.9. The zero-order valence-electron chi connectivity index (χ0n) is 31.7. The molecule has 1 aliphatic rings. The molecular weight excluding hydrogens is 703 g/mol. The molecule has 0 atom stereocenters. The summed E-state index contributed by atoms with van der Waals surface area (Å²) >= 11 is 0. The number of aromatic nitrogens is 1. The van der Waals surface area contributed by atoms with Gasteiger partial charge in [0.25, 0.3) is 0 Å². The van der Waals surface area contributed by atoms with Gasteiger partial charge in [-0.3, -0.25) is 0 Å². The van der Waals surface area contributed by atoms with Gasteiger partial charge in [-0.1, -0.05) is 188 Å². The topological polar surface area (TPSA) is 26.0 Å². The van der Waals surface area contributed by atoms with Crippen molar-refractivity contribution in [1.29, 1.82) is 0 Å². The van der Waals surface area contributed by atoms with Crippen molar-refractivity contribution in [2.45, 2.75) is 5.41 Å². The highest BCUT2D eigenvalue weighted by molar-refractivity contribution is 5.98. The molecule has 2 heteroatoms. The van der Waals surface area contributed by atoms with Crippen molar-refractivity contribution in [2.75, 3.05) is 0 Å². The molecule has 9 aromatic carbocycles. The maximum atomic E-state index is 6.87. The second-order valence-electron chi connectivity index (χ2n) is 15.1. The average Bonchev–Trinajstić information content (AvgIpc) is 3.88. The van der Waals surface area contributed by atoms with Gasteiger partial charge in [-0.2, -0.15) is 0 Å². The van der Waals surface area contributed by atoms with Crippen molar-refractivity contribution in [3.8, 4) is 67.1 Å². The van der Waals surface area contributed by atoms with E-state index in [2.05, 4.69) is 224 Å². The maximum absolute atomic E-state index is 6.87. The van der Waals surface area contributed by atoms with E-state index in [9.17, 15) is 0 Å². The summed E-state index contributed by atoms with van der Waals surface area (Å²) in [5.41, 5.74) is 18.4. The number of hydrogen-bond donors (Lipinski definition) is 0. The quantitative estimate of drug-likeness (QED) is 0.163. The molecule has 0 bridgehead atoms. The summed E-state index contributed by atoms with van der Waals surface area (Å²) in [5, 5.41) is 0. The molecule has 0 N–H and O–H groups in total. The Morgan fingerprint density at radius 2 is 0.776 bits per heavy atom. The van der Waals surface area contributed by atoms with E-state index in [1.807, 2.05) is 0 Å². The molecule has 272 valence electrons. The van der Waals surface area contributed by atoms with Crippen LogP contribution in [0.15, 0.2) is 229 Å². The first kappa shape index (κ1) is 33.8. The Hall–Kier alpha value is -7.55. The fraction of sp³-hybridized carbons (Fsp3) is 0.0179. The van der Waals surface area contributed by atoms with Crippen molar-refractivity contribution in [1.82, 2.24) is 4.98 Å². The Bertz CT molecular complexity index is 2980. The summed E-state index contributed by atoms with van der Waals surface area (Å²) in [7, 11) is 0. The van der Waals surface area contributed by atoms with Crippen LogP contribution < -0.4 is 0 Å². The summed E-state index contributed by atoms with van der Waals surface area (Å²) in [5.74, 6) is 0.591. The number of fused-ring (bicyclic) bond motifs is 4. The smallest absolute Gasteiger partial charge is 0.227 e. The standard InChI is InChI=1S/C56H37NO/c1-6-18-38(19-7-1)42-32-43(39-20-8-2-9-21-39)34-45(33-42)55-57-54-50(35-44(37-53(54)58-55)40-22-10-3-11-23-40)41-30-31-49-48-28-16-17-29-51(48)56(52(49)36-41,46-24-12-4-13-25-46)47-26-14-5-15-27-47/h1-37H. The van der Waals surface area contributed by atoms with Gasteiger partial charge in [0.2, 0.25) is 5.89 Å². The molecule has 0 saturated carbocycles. The van der Waals surface area contributed by atoms with Crippen LogP contribution in [0.3, 0.4) is 0 Å². The zero-order chi connectivity index (χ0) is 38.5. The van der Waals surface area contributed by atoms with Gasteiger partial charge in [0.1, 0.15) is 5.52 Å². The fourth-order valence-corrected chi connectivity index (χ4v) is 9.13. The van der Waals surface area contributed by atoms with E-state index in [0.29, 0.717) is 5.89 Å². The molecule has 0 spiro atoms. The molecule has 0 radical (unpaired) electrons. The van der Waals surface area contributed by atoms with Crippen molar-refractivity contribution >= 4 is 11.1 Å². The molecule has 0 fully saturated rings. The predicted molar refractivity (Wildman–Crippen MR) is 238 cm³/mol. The van der Waals surface area contributed by atoms with Crippen LogP contribution in [0.5, 0.6) is 0 Å². The van der Waals surface area contributed by atoms with E-state index in [0.717, 1.165) is 61.2 Å². The minimum atomic E-state index is -0.513. The van der Waals surface area contributed by atoms with Crippen LogP contribution in [-0.2, 0) is 5.41 Å². The van der Waals surface area contributed by atoms with Gasteiger partial charge >= 0.3 is 0 Å². The van der Waals surface area contributed by atoms with Gasteiger partial charge in [0, 0.05) is 11.1 Å². The van der Waals surface area contributed by atoms with Crippen LogP contribution in [0.1, 0.15) is 22.3 Å². The van der Waals surface area contributed by atoms with E-state index >= 15 is 0 Å². The van der Waals surface area contributed by atoms with Crippen LogP contribution in [0.25, 0.3) is 78.2 Å². The Morgan fingerprint density at radius 1 is 0.310 bits per heavy atom. The third-order valence-electron chi connectivity index (χ3n) is 11.8. The highest BCUT2D eigenvalue weighted by Gasteiger charge is 2.46. The SMILES string of the molecule is c1ccc(-c2cc(-c3ccccc3)cc(-c3nc4c(-c5ccc6c(c5)C(c5ccccc5)(c5ccccc5)c5ccccc5-6)cc(-c5ccccc5)cc4o3)c2)cc1. The van der Waals surface area contributed by atoms with E-state index in [1.54, 1.807) is 0 Å². The van der Waals surface area contributed by atoms with Crippen LogP contribution in [-0.4, -0.2) is 4.98 Å². The minimum Gasteiger partial charge on any atom is -0.436 e. The first-order valence-corrected chi connectivity index (χ1v) is 19.9. The molecule has 1 heterocycles. The van der Waals surface area contributed by atoms with E-state index < -0.39 is 5.41 Å². The Kier molecular flexibility index (Phi) is 8.08. The average molecular weight is 740 g/mol. The maximum Gasteiger partial charge on any atom is 0.227 e. The Balaban J connectivity index is 1.16.